The molecule has 88 valence electrons. The van der Waals surface area contributed by atoms with Gasteiger partial charge in [-0.15, -0.1) is 0 Å². The number of carbonyl (C=O) groups excluding carboxylic acids is 1. The van der Waals surface area contributed by atoms with E-state index in [0.29, 0.717) is 12.0 Å². The minimum Gasteiger partial charge on any atom is -0.303 e. The van der Waals surface area contributed by atoms with Crippen molar-refractivity contribution in [1.82, 2.24) is 9.80 Å². The molecule has 0 saturated carbocycles. The van der Waals surface area contributed by atoms with Gasteiger partial charge in [0.05, 0.1) is 0 Å². The van der Waals surface area contributed by atoms with E-state index in [9.17, 15) is 4.79 Å². The Balaban J connectivity index is 2.46. The van der Waals surface area contributed by atoms with Crippen LogP contribution in [0.1, 0.15) is 20.8 Å². The van der Waals surface area contributed by atoms with Gasteiger partial charge >= 0.3 is 0 Å². The normalized spacial score (nSPS) is 26.9. The SMILES string of the molecule is CC(C=O)CN1CCN(C)C(C(C)C)C1. The Morgan fingerprint density at radius 2 is 2.00 bits per heavy atom. The lowest BCUT2D eigenvalue weighted by molar-refractivity contribution is -0.111. The average molecular weight is 212 g/mol. The van der Waals surface area contributed by atoms with Crippen LogP contribution in [-0.4, -0.2) is 55.4 Å². The van der Waals surface area contributed by atoms with E-state index in [1.807, 2.05) is 6.92 Å². The number of aldehydes is 1. The lowest BCUT2D eigenvalue weighted by Gasteiger charge is -2.42. The highest BCUT2D eigenvalue weighted by Gasteiger charge is 2.26. The van der Waals surface area contributed by atoms with E-state index in [0.717, 1.165) is 32.5 Å². The predicted molar refractivity (Wildman–Crippen MR) is 62.9 cm³/mol. The van der Waals surface area contributed by atoms with E-state index in [4.69, 9.17) is 0 Å². The first-order valence-corrected chi connectivity index (χ1v) is 5.92. The fourth-order valence-electron chi connectivity index (χ4n) is 2.30. The summed E-state index contributed by atoms with van der Waals surface area (Å²) in [7, 11) is 2.20. The highest BCUT2D eigenvalue weighted by atomic mass is 16.1. The quantitative estimate of drug-likeness (QED) is 0.652. The van der Waals surface area contributed by atoms with Crippen LogP contribution in [0.3, 0.4) is 0 Å². The molecule has 1 aliphatic heterocycles. The fourth-order valence-corrected chi connectivity index (χ4v) is 2.30. The van der Waals surface area contributed by atoms with Crippen LogP contribution >= 0.6 is 0 Å². The van der Waals surface area contributed by atoms with E-state index in [2.05, 4.69) is 30.7 Å². The molecule has 0 radical (unpaired) electrons. The third kappa shape index (κ3) is 3.58. The van der Waals surface area contributed by atoms with Crippen molar-refractivity contribution in [3.8, 4) is 0 Å². The molecule has 1 heterocycles. The number of piperazine rings is 1. The van der Waals surface area contributed by atoms with Crippen molar-refractivity contribution in [3.05, 3.63) is 0 Å². The zero-order valence-corrected chi connectivity index (χ0v) is 10.4. The number of hydrogen-bond donors (Lipinski definition) is 0. The van der Waals surface area contributed by atoms with Crippen molar-refractivity contribution < 1.29 is 4.79 Å². The maximum Gasteiger partial charge on any atom is 0.124 e. The fraction of sp³-hybridized carbons (Fsp3) is 0.917. The van der Waals surface area contributed by atoms with Crippen LogP contribution in [0.15, 0.2) is 0 Å². The molecule has 0 aromatic rings. The van der Waals surface area contributed by atoms with Crippen LogP contribution in [0.25, 0.3) is 0 Å². The maximum absolute atomic E-state index is 10.6. The molecule has 15 heavy (non-hydrogen) atoms. The summed E-state index contributed by atoms with van der Waals surface area (Å²) in [5.41, 5.74) is 0. The average Bonchev–Trinajstić information content (AvgIpc) is 2.20. The first-order chi connectivity index (χ1) is 7.04. The van der Waals surface area contributed by atoms with Gasteiger partial charge < -0.3 is 9.69 Å². The molecule has 0 aliphatic carbocycles. The summed E-state index contributed by atoms with van der Waals surface area (Å²) in [6.45, 7) is 10.8. The van der Waals surface area contributed by atoms with Gasteiger partial charge in [0, 0.05) is 38.1 Å². The summed E-state index contributed by atoms with van der Waals surface area (Å²) >= 11 is 0. The molecule has 1 saturated heterocycles. The summed E-state index contributed by atoms with van der Waals surface area (Å²) in [5.74, 6) is 0.852. The molecular weight excluding hydrogens is 188 g/mol. The van der Waals surface area contributed by atoms with Crippen molar-refractivity contribution in [2.24, 2.45) is 11.8 Å². The lowest BCUT2D eigenvalue weighted by Crippen LogP contribution is -2.54. The van der Waals surface area contributed by atoms with Crippen LogP contribution in [0.5, 0.6) is 0 Å². The molecule has 1 fully saturated rings. The summed E-state index contributed by atoms with van der Waals surface area (Å²) in [4.78, 5) is 15.5. The topological polar surface area (TPSA) is 23.6 Å². The van der Waals surface area contributed by atoms with Crippen LogP contribution in [-0.2, 0) is 4.79 Å². The van der Waals surface area contributed by atoms with E-state index >= 15 is 0 Å². The molecule has 0 amide bonds. The smallest absolute Gasteiger partial charge is 0.124 e. The molecule has 0 N–H and O–H groups in total. The molecule has 1 aliphatic rings. The van der Waals surface area contributed by atoms with Crippen molar-refractivity contribution in [2.45, 2.75) is 26.8 Å². The van der Waals surface area contributed by atoms with Crippen molar-refractivity contribution >= 4 is 6.29 Å². The van der Waals surface area contributed by atoms with Gasteiger partial charge in [0.1, 0.15) is 6.29 Å². The second-order valence-electron chi connectivity index (χ2n) is 5.16. The van der Waals surface area contributed by atoms with Crippen LogP contribution in [0.4, 0.5) is 0 Å². The number of rotatable bonds is 4. The number of carbonyl (C=O) groups is 1. The molecule has 0 spiro atoms. The molecule has 2 unspecified atom stereocenters. The van der Waals surface area contributed by atoms with Gasteiger partial charge in [-0.2, -0.15) is 0 Å². The Hall–Kier alpha value is -0.410. The summed E-state index contributed by atoms with van der Waals surface area (Å²) < 4.78 is 0. The Morgan fingerprint density at radius 3 is 2.53 bits per heavy atom. The van der Waals surface area contributed by atoms with Gasteiger partial charge in [0.25, 0.3) is 0 Å². The van der Waals surface area contributed by atoms with Crippen molar-refractivity contribution in [3.63, 3.8) is 0 Å². The van der Waals surface area contributed by atoms with E-state index < -0.39 is 0 Å². The van der Waals surface area contributed by atoms with Crippen molar-refractivity contribution in [1.29, 1.82) is 0 Å². The first kappa shape index (κ1) is 12.7. The number of nitrogens with zero attached hydrogens (tertiary/aromatic N) is 2. The van der Waals surface area contributed by atoms with Gasteiger partial charge in [-0.25, -0.2) is 0 Å². The molecular formula is C12H24N2O. The Kier molecular flexibility index (Phi) is 4.74. The van der Waals surface area contributed by atoms with Gasteiger partial charge in [-0.05, 0) is 13.0 Å². The zero-order valence-electron chi connectivity index (χ0n) is 10.4. The Bertz CT molecular complexity index is 206. The largest absolute Gasteiger partial charge is 0.303 e. The number of likely N-dealkylation sites (N-methyl/N-ethyl adjacent to an activating group) is 1. The third-order valence-corrected chi connectivity index (χ3v) is 3.33. The minimum absolute atomic E-state index is 0.168. The molecule has 3 heteroatoms. The van der Waals surface area contributed by atoms with E-state index in [1.54, 1.807) is 0 Å². The van der Waals surface area contributed by atoms with Crippen LogP contribution < -0.4 is 0 Å². The second-order valence-corrected chi connectivity index (χ2v) is 5.16. The van der Waals surface area contributed by atoms with E-state index in [-0.39, 0.29) is 5.92 Å². The standard InChI is InChI=1S/C12H24N2O/c1-10(2)12-8-14(6-5-13(12)4)7-11(3)9-15/h9-12H,5-8H2,1-4H3. The van der Waals surface area contributed by atoms with Gasteiger partial charge in [-0.3, -0.25) is 4.90 Å². The first-order valence-electron chi connectivity index (χ1n) is 5.92. The van der Waals surface area contributed by atoms with Gasteiger partial charge in [0.2, 0.25) is 0 Å². The molecule has 2 atom stereocenters. The monoisotopic (exact) mass is 212 g/mol. The lowest BCUT2D eigenvalue weighted by atomic mass is 9.99. The Morgan fingerprint density at radius 1 is 1.33 bits per heavy atom. The van der Waals surface area contributed by atoms with Crippen LogP contribution in [0.2, 0.25) is 0 Å². The number of hydrogen-bond acceptors (Lipinski definition) is 3. The Labute approximate surface area is 93.4 Å². The summed E-state index contributed by atoms with van der Waals surface area (Å²) in [6.07, 6.45) is 1.06. The molecule has 1 rings (SSSR count). The van der Waals surface area contributed by atoms with Crippen molar-refractivity contribution in [2.75, 3.05) is 33.2 Å². The maximum atomic E-state index is 10.6. The van der Waals surface area contributed by atoms with Gasteiger partial charge in [0.15, 0.2) is 0 Å². The minimum atomic E-state index is 0.168. The molecule has 0 aromatic heterocycles. The van der Waals surface area contributed by atoms with Crippen LogP contribution in [0, 0.1) is 11.8 Å². The summed E-state index contributed by atoms with van der Waals surface area (Å²) in [6, 6.07) is 0.637. The predicted octanol–water partition coefficient (Wildman–Crippen LogP) is 1.09. The molecule has 0 bridgehead atoms. The molecule has 3 nitrogen and oxygen atoms in total. The zero-order chi connectivity index (χ0) is 11.4. The molecule has 0 aromatic carbocycles. The van der Waals surface area contributed by atoms with E-state index in [1.165, 1.54) is 0 Å². The summed E-state index contributed by atoms with van der Waals surface area (Å²) in [5, 5.41) is 0. The van der Waals surface area contributed by atoms with Gasteiger partial charge in [-0.1, -0.05) is 20.8 Å². The second kappa shape index (κ2) is 5.61. The highest BCUT2D eigenvalue weighted by molar-refractivity contribution is 5.53. The highest BCUT2D eigenvalue weighted by Crippen LogP contribution is 2.15. The third-order valence-electron chi connectivity index (χ3n) is 3.33.